The van der Waals surface area contributed by atoms with Crippen LogP contribution in [0.4, 0.5) is 0 Å². The Kier molecular flexibility index (Phi) is 8.94. The zero-order valence-electron chi connectivity index (χ0n) is 20.1. The minimum absolute atomic E-state index is 0. The number of nitrogens with one attached hydrogen (secondary N) is 1. The molecule has 0 fully saturated rings. The maximum atomic E-state index is 11.2. The van der Waals surface area contributed by atoms with Crippen LogP contribution in [0.25, 0.3) is 11.5 Å². The van der Waals surface area contributed by atoms with Crippen LogP contribution in [0.15, 0.2) is 68.1 Å². The number of hydrogen-bond acceptors (Lipinski definition) is 7. The van der Waals surface area contributed by atoms with Crippen molar-refractivity contribution in [3.8, 4) is 17.2 Å². The van der Waals surface area contributed by atoms with Gasteiger partial charge in [0.15, 0.2) is 5.60 Å². The third-order valence-electron chi connectivity index (χ3n) is 5.33. The van der Waals surface area contributed by atoms with E-state index in [0.717, 1.165) is 32.7 Å². The van der Waals surface area contributed by atoms with Crippen LogP contribution in [0.1, 0.15) is 42.4 Å². The van der Waals surface area contributed by atoms with Gasteiger partial charge in [0.1, 0.15) is 17.8 Å². The second-order valence-electron chi connectivity index (χ2n) is 8.61. The van der Waals surface area contributed by atoms with E-state index >= 15 is 0 Å². The molecule has 0 saturated carbocycles. The quantitative estimate of drug-likeness (QED) is 0.238. The van der Waals surface area contributed by atoms with Crippen molar-refractivity contribution in [3.63, 3.8) is 0 Å². The Morgan fingerprint density at radius 3 is 2.58 bits per heavy atom. The number of rotatable bonds is 10. The van der Waals surface area contributed by atoms with Gasteiger partial charge in [-0.05, 0) is 56.7 Å². The molecule has 4 aromatic rings. The predicted molar refractivity (Wildman–Crippen MR) is 140 cm³/mol. The van der Waals surface area contributed by atoms with Gasteiger partial charge in [-0.3, -0.25) is 0 Å². The maximum Gasteiger partial charge on any atom is 0.347 e. The number of aryl methyl sites for hydroxylation is 1. The van der Waals surface area contributed by atoms with Crippen LogP contribution >= 0.6 is 28.3 Å². The highest BCUT2D eigenvalue weighted by molar-refractivity contribution is 9.10. The van der Waals surface area contributed by atoms with E-state index in [1.165, 1.54) is 13.8 Å². The topological polar surface area (TPSA) is 111 Å². The summed E-state index contributed by atoms with van der Waals surface area (Å²) in [6, 6.07) is 15.1. The monoisotopic (exact) mass is 575 g/mol. The summed E-state index contributed by atoms with van der Waals surface area (Å²) in [7, 11) is 0. The molecule has 0 spiro atoms. The molecule has 8 nitrogen and oxygen atoms in total. The summed E-state index contributed by atoms with van der Waals surface area (Å²) < 4.78 is 17.9. The van der Waals surface area contributed by atoms with Gasteiger partial charge in [-0.15, -0.1) is 12.4 Å². The zero-order chi connectivity index (χ0) is 25.0. The van der Waals surface area contributed by atoms with Crippen LogP contribution < -0.4 is 10.1 Å². The van der Waals surface area contributed by atoms with Gasteiger partial charge in [0.25, 0.3) is 0 Å². The molecule has 2 aromatic heterocycles. The summed E-state index contributed by atoms with van der Waals surface area (Å²) in [6.07, 6.45) is 2.15. The molecule has 0 saturated heterocycles. The molecule has 2 N–H and O–H groups in total. The summed E-state index contributed by atoms with van der Waals surface area (Å²) in [5, 5.41) is 12.5. The zero-order valence-corrected chi connectivity index (χ0v) is 22.5. The highest BCUT2D eigenvalue weighted by Gasteiger charge is 2.29. The van der Waals surface area contributed by atoms with Crippen molar-refractivity contribution in [1.82, 2.24) is 15.3 Å². The summed E-state index contributed by atoms with van der Waals surface area (Å²) in [4.78, 5) is 20.4. The normalized spacial score (nSPS) is 11.2. The van der Waals surface area contributed by atoms with Crippen LogP contribution in [0.2, 0.25) is 0 Å². The molecule has 0 bridgehead atoms. The number of carboxylic acids is 1. The molecule has 0 aliphatic heterocycles. The Balaban J connectivity index is 0.00000361. The van der Waals surface area contributed by atoms with Crippen LogP contribution in [0.5, 0.6) is 5.75 Å². The van der Waals surface area contributed by atoms with E-state index in [0.29, 0.717) is 37.0 Å². The summed E-state index contributed by atoms with van der Waals surface area (Å²) in [5.74, 6) is 1.40. The fourth-order valence-electron chi connectivity index (χ4n) is 3.35. The molecule has 0 amide bonds. The lowest BCUT2D eigenvalue weighted by Crippen LogP contribution is -2.37. The number of carbonyl (C=O) groups is 1. The number of aromatic nitrogens is 2. The average molecular weight is 577 g/mol. The number of aliphatic carboxylic acids is 1. The van der Waals surface area contributed by atoms with Crippen molar-refractivity contribution in [3.05, 3.63) is 87.9 Å². The lowest BCUT2D eigenvalue weighted by Gasteiger charge is -2.21. The molecule has 0 atom stereocenters. The highest BCUT2D eigenvalue weighted by atomic mass is 79.9. The Bertz CT molecular complexity index is 1320. The SMILES string of the molecule is Cc1oc(-c2cccc(Br)c2)nc1Cc1coc(CNCc2ccc(OC(C)(C)C(=O)O)cc2)n1.Cl. The molecular formula is C26H27BrClN3O5. The fraction of sp³-hybridized carbons (Fsp3) is 0.269. The standard InChI is InChI=1S/C26H26BrN3O5.ClH/c1-16-22(30-24(34-16)18-5-4-6-19(27)11-18)12-20-15-33-23(29-20)14-28-13-17-7-9-21(10-8-17)35-26(2,3)25(31)32;/h4-11,15,28H,12-14H2,1-3H3,(H,31,32);1H. The second-order valence-corrected chi connectivity index (χ2v) is 9.52. The van der Waals surface area contributed by atoms with E-state index in [-0.39, 0.29) is 12.4 Å². The minimum Gasteiger partial charge on any atom is -0.478 e. The minimum atomic E-state index is -1.28. The first kappa shape index (κ1) is 27.4. The van der Waals surface area contributed by atoms with Gasteiger partial charge in [-0.25, -0.2) is 14.8 Å². The smallest absolute Gasteiger partial charge is 0.347 e. The molecule has 0 unspecified atom stereocenters. The molecule has 0 aliphatic rings. The predicted octanol–water partition coefficient (Wildman–Crippen LogP) is 5.94. The van der Waals surface area contributed by atoms with E-state index in [2.05, 4.69) is 31.2 Å². The first-order valence-corrected chi connectivity index (χ1v) is 11.9. The molecule has 2 aromatic carbocycles. The molecule has 0 radical (unpaired) electrons. The summed E-state index contributed by atoms with van der Waals surface area (Å²) >= 11 is 3.47. The van der Waals surface area contributed by atoms with Crippen LogP contribution in [0.3, 0.4) is 0 Å². The lowest BCUT2D eigenvalue weighted by molar-refractivity contribution is -0.152. The van der Waals surface area contributed by atoms with Crippen molar-refractivity contribution in [1.29, 1.82) is 0 Å². The number of halogens is 2. The van der Waals surface area contributed by atoms with Crippen molar-refractivity contribution in [2.24, 2.45) is 0 Å². The summed E-state index contributed by atoms with van der Waals surface area (Å²) in [5.41, 5.74) is 2.25. The Morgan fingerprint density at radius 1 is 1.14 bits per heavy atom. The molecule has 0 aliphatic carbocycles. The first-order chi connectivity index (χ1) is 16.7. The number of ether oxygens (including phenoxy) is 1. The second kappa shape index (κ2) is 11.7. The molecule has 2 heterocycles. The number of hydrogen-bond donors (Lipinski definition) is 2. The Labute approximate surface area is 223 Å². The average Bonchev–Trinajstić information content (AvgIpc) is 3.41. The Hall–Kier alpha value is -3.14. The molecule has 190 valence electrons. The van der Waals surface area contributed by atoms with Gasteiger partial charge in [0, 0.05) is 23.0 Å². The van der Waals surface area contributed by atoms with Crippen molar-refractivity contribution in [2.75, 3.05) is 0 Å². The van der Waals surface area contributed by atoms with Crippen LogP contribution in [-0.2, 0) is 24.3 Å². The van der Waals surface area contributed by atoms with Crippen molar-refractivity contribution >= 4 is 34.3 Å². The van der Waals surface area contributed by atoms with E-state index in [9.17, 15) is 9.90 Å². The summed E-state index contributed by atoms with van der Waals surface area (Å²) in [6.45, 7) is 5.98. The number of benzene rings is 2. The molecule has 36 heavy (non-hydrogen) atoms. The van der Waals surface area contributed by atoms with Gasteiger partial charge in [-0.1, -0.05) is 34.1 Å². The first-order valence-electron chi connectivity index (χ1n) is 11.1. The molecule has 10 heteroatoms. The largest absolute Gasteiger partial charge is 0.478 e. The van der Waals surface area contributed by atoms with Gasteiger partial charge in [-0.2, -0.15) is 0 Å². The third-order valence-corrected chi connectivity index (χ3v) is 5.82. The van der Waals surface area contributed by atoms with E-state index in [1.54, 1.807) is 18.4 Å². The van der Waals surface area contributed by atoms with Crippen molar-refractivity contribution in [2.45, 2.75) is 45.9 Å². The Morgan fingerprint density at radius 2 is 1.89 bits per heavy atom. The van der Waals surface area contributed by atoms with Crippen LogP contribution in [-0.4, -0.2) is 26.6 Å². The third kappa shape index (κ3) is 6.96. The molecule has 4 rings (SSSR count). The van der Waals surface area contributed by atoms with Gasteiger partial charge in [0.2, 0.25) is 11.8 Å². The van der Waals surface area contributed by atoms with E-state index in [1.807, 2.05) is 43.3 Å². The van der Waals surface area contributed by atoms with Crippen LogP contribution in [0, 0.1) is 6.92 Å². The number of carboxylic acid groups (broad SMARTS) is 1. The van der Waals surface area contributed by atoms with E-state index in [4.69, 9.17) is 13.6 Å². The molecular weight excluding hydrogens is 550 g/mol. The van der Waals surface area contributed by atoms with Gasteiger partial charge < -0.3 is 24.0 Å². The fourth-order valence-corrected chi connectivity index (χ4v) is 3.75. The lowest BCUT2D eigenvalue weighted by atomic mass is 10.1. The van der Waals surface area contributed by atoms with E-state index < -0.39 is 11.6 Å². The highest BCUT2D eigenvalue weighted by Crippen LogP contribution is 2.25. The van der Waals surface area contributed by atoms with Gasteiger partial charge in [0.05, 0.1) is 17.9 Å². The number of nitrogens with zero attached hydrogens (tertiary/aromatic N) is 2. The maximum absolute atomic E-state index is 11.2. The number of oxazole rings is 2. The van der Waals surface area contributed by atoms with Crippen molar-refractivity contribution < 1.29 is 23.5 Å². The van der Waals surface area contributed by atoms with Gasteiger partial charge >= 0.3 is 5.97 Å².